The number of aliphatic hydroxyl groups is 1. The maximum Gasteiger partial charge on any atom is 0.139 e. The number of rotatable bonds is 7. The molecule has 2 aromatic rings. The van der Waals surface area contributed by atoms with E-state index in [9.17, 15) is 5.11 Å². The van der Waals surface area contributed by atoms with Crippen molar-refractivity contribution in [3.8, 4) is 0 Å². The second-order valence-electron chi connectivity index (χ2n) is 9.71. The van der Waals surface area contributed by atoms with E-state index in [1.807, 2.05) is 6.20 Å². The largest absolute Gasteiger partial charge is 0.393 e. The molecule has 6 heteroatoms. The SMILES string of the molecule is CCCC(C)Cc1ncc2c(N3CC(N(C)C)C3)ncc(C3CCC(O)CC3)c2n1. The molecule has 1 unspecified atom stereocenters. The van der Waals surface area contributed by atoms with Crippen molar-refractivity contribution in [3.63, 3.8) is 0 Å². The standard InChI is InChI=1S/C24H37N5O/c1-5-6-16(2)11-22-25-13-21-23(27-22)20(17-7-9-19(30)10-8-17)12-26-24(21)29-14-18(15-29)28(3)4/h12-13,16-19,30H,5-11,14-15H2,1-4H3. The minimum absolute atomic E-state index is 0.149. The van der Waals surface area contributed by atoms with Crippen molar-refractivity contribution in [1.82, 2.24) is 19.9 Å². The normalized spacial score (nSPS) is 23.7. The van der Waals surface area contributed by atoms with E-state index in [1.54, 1.807) is 0 Å². The Balaban J connectivity index is 1.68. The molecule has 2 fully saturated rings. The highest BCUT2D eigenvalue weighted by molar-refractivity contribution is 5.91. The molecular formula is C24H37N5O. The Bertz CT molecular complexity index is 856. The lowest BCUT2D eigenvalue weighted by Gasteiger charge is -2.44. The van der Waals surface area contributed by atoms with Gasteiger partial charge in [-0.15, -0.1) is 0 Å². The summed E-state index contributed by atoms with van der Waals surface area (Å²) in [5.41, 5.74) is 2.33. The fourth-order valence-corrected chi connectivity index (χ4v) is 4.96. The van der Waals surface area contributed by atoms with Crippen LogP contribution in [0.1, 0.15) is 69.7 Å². The van der Waals surface area contributed by atoms with E-state index in [0.29, 0.717) is 17.9 Å². The number of pyridine rings is 1. The zero-order chi connectivity index (χ0) is 21.3. The van der Waals surface area contributed by atoms with Gasteiger partial charge in [-0.3, -0.25) is 0 Å². The van der Waals surface area contributed by atoms with Gasteiger partial charge in [-0.2, -0.15) is 0 Å². The Labute approximate surface area is 180 Å². The number of hydrogen-bond donors (Lipinski definition) is 1. The molecule has 1 atom stereocenters. The summed E-state index contributed by atoms with van der Waals surface area (Å²) in [5, 5.41) is 11.0. The molecule has 30 heavy (non-hydrogen) atoms. The molecule has 0 aromatic carbocycles. The second kappa shape index (κ2) is 9.15. The molecule has 1 N–H and O–H groups in total. The van der Waals surface area contributed by atoms with Crippen LogP contribution in [0.3, 0.4) is 0 Å². The molecule has 164 valence electrons. The number of nitrogens with zero attached hydrogens (tertiary/aromatic N) is 5. The lowest BCUT2D eigenvalue weighted by atomic mass is 9.82. The molecule has 0 bridgehead atoms. The minimum Gasteiger partial charge on any atom is -0.393 e. The summed E-state index contributed by atoms with van der Waals surface area (Å²) in [6.45, 7) is 6.53. The lowest BCUT2D eigenvalue weighted by molar-refractivity contribution is 0.122. The molecule has 2 aliphatic rings. The van der Waals surface area contributed by atoms with Crippen molar-refractivity contribution in [2.24, 2.45) is 5.92 Å². The highest BCUT2D eigenvalue weighted by Gasteiger charge is 2.32. The Morgan fingerprint density at radius 3 is 2.53 bits per heavy atom. The molecule has 1 saturated heterocycles. The fraction of sp³-hybridized carbons (Fsp3) is 0.708. The first-order valence-electron chi connectivity index (χ1n) is 11.7. The zero-order valence-electron chi connectivity index (χ0n) is 19.0. The number of anilines is 1. The summed E-state index contributed by atoms with van der Waals surface area (Å²) in [6, 6.07) is 0.580. The fourth-order valence-electron chi connectivity index (χ4n) is 4.96. The van der Waals surface area contributed by atoms with E-state index in [1.165, 1.54) is 18.4 Å². The predicted octanol–water partition coefficient (Wildman–Crippen LogP) is 3.77. The maximum absolute atomic E-state index is 9.96. The van der Waals surface area contributed by atoms with Gasteiger partial charge in [0.25, 0.3) is 0 Å². The van der Waals surface area contributed by atoms with Crippen LogP contribution in [0.5, 0.6) is 0 Å². The molecule has 1 aliphatic heterocycles. The van der Waals surface area contributed by atoms with Crippen molar-refractivity contribution in [3.05, 3.63) is 23.8 Å². The van der Waals surface area contributed by atoms with E-state index in [4.69, 9.17) is 15.0 Å². The maximum atomic E-state index is 9.96. The Hall–Kier alpha value is -1.79. The molecular weight excluding hydrogens is 374 g/mol. The molecule has 0 amide bonds. The predicted molar refractivity (Wildman–Crippen MR) is 122 cm³/mol. The van der Waals surface area contributed by atoms with Gasteiger partial charge >= 0.3 is 0 Å². The van der Waals surface area contributed by atoms with Crippen molar-refractivity contribution in [1.29, 1.82) is 0 Å². The number of aliphatic hydroxyl groups excluding tert-OH is 1. The Morgan fingerprint density at radius 2 is 1.87 bits per heavy atom. The topological polar surface area (TPSA) is 65.4 Å². The van der Waals surface area contributed by atoms with Crippen LogP contribution in [0.25, 0.3) is 10.9 Å². The van der Waals surface area contributed by atoms with Gasteiger partial charge in [-0.05, 0) is 51.6 Å². The molecule has 4 rings (SSSR count). The second-order valence-corrected chi connectivity index (χ2v) is 9.71. The highest BCUT2D eigenvalue weighted by Crippen LogP contribution is 2.38. The van der Waals surface area contributed by atoms with Crippen LogP contribution in [0.15, 0.2) is 12.4 Å². The summed E-state index contributed by atoms with van der Waals surface area (Å²) in [4.78, 5) is 19.4. The van der Waals surface area contributed by atoms with Gasteiger partial charge in [0.05, 0.1) is 17.0 Å². The smallest absolute Gasteiger partial charge is 0.139 e. The van der Waals surface area contributed by atoms with Crippen LogP contribution < -0.4 is 4.90 Å². The van der Waals surface area contributed by atoms with E-state index < -0.39 is 0 Å². The average Bonchev–Trinajstić information content (AvgIpc) is 2.67. The van der Waals surface area contributed by atoms with Crippen LogP contribution in [-0.4, -0.2) is 64.3 Å². The first-order valence-corrected chi connectivity index (χ1v) is 11.7. The average molecular weight is 412 g/mol. The molecule has 1 saturated carbocycles. The summed E-state index contributed by atoms with van der Waals surface area (Å²) in [7, 11) is 4.28. The molecule has 0 radical (unpaired) electrons. The van der Waals surface area contributed by atoms with Gasteiger partial charge in [0, 0.05) is 43.5 Å². The van der Waals surface area contributed by atoms with Crippen LogP contribution in [0.4, 0.5) is 5.82 Å². The monoisotopic (exact) mass is 411 g/mol. The van der Waals surface area contributed by atoms with Crippen LogP contribution >= 0.6 is 0 Å². The highest BCUT2D eigenvalue weighted by atomic mass is 16.3. The van der Waals surface area contributed by atoms with E-state index in [-0.39, 0.29) is 6.10 Å². The van der Waals surface area contributed by atoms with Gasteiger partial charge in [0.2, 0.25) is 0 Å². The third-order valence-corrected chi connectivity index (χ3v) is 7.02. The van der Waals surface area contributed by atoms with Gasteiger partial charge in [-0.25, -0.2) is 15.0 Å². The quantitative estimate of drug-likeness (QED) is 0.748. The molecule has 1 aliphatic carbocycles. The van der Waals surface area contributed by atoms with Crippen LogP contribution in [0, 0.1) is 5.92 Å². The minimum atomic E-state index is -0.149. The molecule has 3 heterocycles. The van der Waals surface area contributed by atoms with Crippen LogP contribution in [0.2, 0.25) is 0 Å². The first-order chi connectivity index (χ1) is 14.5. The molecule has 0 spiro atoms. The number of hydrogen-bond acceptors (Lipinski definition) is 6. The summed E-state index contributed by atoms with van der Waals surface area (Å²) < 4.78 is 0. The summed E-state index contributed by atoms with van der Waals surface area (Å²) in [6.07, 6.45) is 11.0. The van der Waals surface area contributed by atoms with Crippen LogP contribution in [-0.2, 0) is 6.42 Å². The number of fused-ring (bicyclic) bond motifs is 1. The summed E-state index contributed by atoms with van der Waals surface area (Å²) in [5.74, 6) is 3.00. The van der Waals surface area contributed by atoms with E-state index in [2.05, 4.69) is 43.9 Å². The Morgan fingerprint density at radius 1 is 1.13 bits per heavy atom. The van der Waals surface area contributed by atoms with Gasteiger partial charge in [0.1, 0.15) is 11.6 Å². The van der Waals surface area contributed by atoms with E-state index >= 15 is 0 Å². The van der Waals surface area contributed by atoms with Gasteiger partial charge in [0.15, 0.2) is 0 Å². The lowest BCUT2D eigenvalue weighted by Crippen LogP contribution is -2.57. The number of aromatic nitrogens is 3. The Kier molecular flexibility index (Phi) is 6.54. The zero-order valence-corrected chi connectivity index (χ0v) is 19.0. The third-order valence-electron chi connectivity index (χ3n) is 7.02. The molecule has 6 nitrogen and oxygen atoms in total. The number of likely N-dealkylation sites (N-methyl/N-ethyl adjacent to an activating group) is 1. The van der Waals surface area contributed by atoms with Gasteiger partial charge in [-0.1, -0.05) is 26.7 Å². The van der Waals surface area contributed by atoms with Crippen molar-refractivity contribution < 1.29 is 5.11 Å². The van der Waals surface area contributed by atoms with Crippen molar-refractivity contribution >= 4 is 16.7 Å². The van der Waals surface area contributed by atoms with Gasteiger partial charge < -0.3 is 14.9 Å². The van der Waals surface area contributed by atoms with Crippen molar-refractivity contribution in [2.75, 3.05) is 32.1 Å². The van der Waals surface area contributed by atoms with E-state index in [0.717, 1.165) is 67.7 Å². The first kappa shape index (κ1) is 21.4. The molecule has 2 aromatic heterocycles. The third kappa shape index (κ3) is 4.45. The summed E-state index contributed by atoms with van der Waals surface area (Å²) >= 11 is 0. The van der Waals surface area contributed by atoms with Crippen molar-refractivity contribution in [2.45, 2.75) is 76.9 Å².